The summed E-state index contributed by atoms with van der Waals surface area (Å²) in [7, 11) is 0. The SMILES string of the molecule is CC(C)(O)C1CCCN1C(=O)Cc1cc2ccccc2[nH]c1=O. The summed E-state index contributed by atoms with van der Waals surface area (Å²) in [5.74, 6) is -0.101. The molecule has 0 saturated carbocycles. The molecule has 0 aliphatic carbocycles. The van der Waals surface area contributed by atoms with E-state index in [9.17, 15) is 14.7 Å². The minimum absolute atomic E-state index is 0.0622. The van der Waals surface area contributed by atoms with Gasteiger partial charge in [0.05, 0.1) is 18.1 Å². The van der Waals surface area contributed by atoms with Crippen molar-refractivity contribution in [3.8, 4) is 0 Å². The number of nitrogens with one attached hydrogen (secondary N) is 1. The smallest absolute Gasteiger partial charge is 0.252 e. The molecule has 0 spiro atoms. The van der Waals surface area contributed by atoms with Crippen LogP contribution in [0.3, 0.4) is 0 Å². The van der Waals surface area contributed by atoms with Crippen molar-refractivity contribution < 1.29 is 9.90 Å². The number of aromatic nitrogens is 1. The first-order valence-corrected chi connectivity index (χ1v) is 7.99. The van der Waals surface area contributed by atoms with Crippen molar-refractivity contribution in [2.24, 2.45) is 0 Å². The van der Waals surface area contributed by atoms with Crippen LogP contribution in [0.2, 0.25) is 0 Å². The Labute approximate surface area is 134 Å². The topological polar surface area (TPSA) is 73.4 Å². The standard InChI is InChI=1S/C18H22N2O3/c1-18(2,23)15-8-5-9-20(15)16(21)11-13-10-12-6-3-4-7-14(12)19-17(13)22/h3-4,6-7,10,15,23H,5,8-9,11H2,1-2H3,(H,19,22). The summed E-state index contributed by atoms with van der Waals surface area (Å²) in [6.07, 6.45) is 1.74. The third-order valence-corrected chi connectivity index (χ3v) is 4.56. The Bertz CT molecular complexity index is 789. The molecule has 2 heterocycles. The molecule has 5 nitrogen and oxygen atoms in total. The van der Waals surface area contributed by atoms with Gasteiger partial charge in [0.1, 0.15) is 0 Å². The van der Waals surface area contributed by atoms with Gasteiger partial charge in [0.15, 0.2) is 0 Å². The minimum Gasteiger partial charge on any atom is -0.388 e. The minimum atomic E-state index is -0.929. The Balaban J connectivity index is 1.85. The van der Waals surface area contributed by atoms with E-state index in [4.69, 9.17) is 0 Å². The summed E-state index contributed by atoms with van der Waals surface area (Å²) in [4.78, 5) is 29.3. The zero-order chi connectivity index (χ0) is 16.6. The molecule has 23 heavy (non-hydrogen) atoms. The Hall–Kier alpha value is -2.14. The molecule has 0 bridgehead atoms. The van der Waals surface area contributed by atoms with Crippen molar-refractivity contribution in [1.29, 1.82) is 0 Å². The second kappa shape index (κ2) is 5.81. The number of aromatic amines is 1. The van der Waals surface area contributed by atoms with E-state index in [2.05, 4.69) is 4.98 Å². The lowest BCUT2D eigenvalue weighted by Gasteiger charge is -2.33. The number of aliphatic hydroxyl groups is 1. The molecule has 1 aliphatic rings. The third kappa shape index (κ3) is 3.15. The zero-order valence-corrected chi connectivity index (χ0v) is 13.5. The number of hydrogen-bond donors (Lipinski definition) is 2. The first-order valence-electron chi connectivity index (χ1n) is 7.99. The number of carbonyl (C=O) groups is 1. The number of likely N-dealkylation sites (tertiary alicyclic amines) is 1. The Kier molecular flexibility index (Phi) is 3.98. The fourth-order valence-corrected chi connectivity index (χ4v) is 3.39. The van der Waals surface area contributed by atoms with Gasteiger partial charge in [-0.1, -0.05) is 18.2 Å². The van der Waals surface area contributed by atoms with Crippen molar-refractivity contribution in [3.05, 3.63) is 46.2 Å². The Morgan fingerprint density at radius 1 is 1.39 bits per heavy atom. The summed E-state index contributed by atoms with van der Waals surface area (Å²) < 4.78 is 0. The molecular weight excluding hydrogens is 292 g/mol. The molecule has 122 valence electrons. The highest BCUT2D eigenvalue weighted by atomic mass is 16.3. The maximum absolute atomic E-state index is 12.6. The number of para-hydroxylation sites is 1. The molecule has 1 fully saturated rings. The highest BCUT2D eigenvalue weighted by molar-refractivity contribution is 5.83. The second-order valence-electron chi connectivity index (χ2n) is 6.79. The molecule has 1 aromatic carbocycles. The van der Waals surface area contributed by atoms with E-state index in [1.54, 1.807) is 24.8 Å². The first-order chi connectivity index (χ1) is 10.9. The molecule has 1 amide bonds. The van der Waals surface area contributed by atoms with Gasteiger partial charge in [0.2, 0.25) is 5.91 Å². The van der Waals surface area contributed by atoms with Crippen LogP contribution in [-0.4, -0.2) is 39.1 Å². The Morgan fingerprint density at radius 3 is 2.87 bits per heavy atom. The van der Waals surface area contributed by atoms with Gasteiger partial charge in [-0.15, -0.1) is 0 Å². The summed E-state index contributed by atoms with van der Waals surface area (Å²) in [6.45, 7) is 4.09. The van der Waals surface area contributed by atoms with Crippen LogP contribution in [0.15, 0.2) is 35.1 Å². The maximum Gasteiger partial charge on any atom is 0.252 e. The zero-order valence-electron chi connectivity index (χ0n) is 13.5. The summed E-state index contributed by atoms with van der Waals surface area (Å²) in [6, 6.07) is 9.11. The van der Waals surface area contributed by atoms with Gasteiger partial charge in [-0.3, -0.25) is 9.59 Å². The van der Waals surface area contributed by atoms with Gasteiger partial charge in [-0.25, -0.2) is 0 Å². The maximum atomic E-state index is 12.6. The first kappa shape index (κ1) is 15.7. The molecule has 2 N–H and O–H groups in total. The number of carbonyl (C=O) groups excluding carboxylic acids is 1. The van der Waals surface area contributed by atoms with Crippen LogP contribution in [0.5, 0.6) is 0 Å². The molecule has 2 aromatic rings. The fraction of sp³-hybridized carbons (Fsp3) is 0.444. The van der Waals surface area contributed by atoms with E-state index in [1.807, 2.05) is 24.3 Å². The molecule has 1 atom stereocenters. The quantitative estimate of drug-likeness (QED) is 0.908. The lowest BCUT2D eigenvalue weighted by atomic mass is 9.96. The molecule has 1 aliphatic heterocycles. The molecule has 3 rings (SSSR count). The van der Waals surface area contributed by atoms with Crippen molar-refractivity contribution in [2.75, 3.05) is 6.54 Å². The van der Waals surface area contributed by atoms with Crippen molar-refractivity contribution in [3.63, 3.8) is 0 Å². The average Bonchev–Trinajstić information content (AvgIpc) is 2.97. The van der Waals surface area contributed by atoms with Crippen molar-refractivity contribution in [2.45, 2.75) is 44.8 Å². The second-order valence-corrected chi connectivity index (χ2v) is 6.79. The van der Waals surface area contributed by atoms with Crippen LogP contribution in [0.1, 0.15) is 32.3 Å². The number of hydrogen-bond acceptors (Lipinski definition) is 3. The molecule has 0 radical (unpaired) electrons. The number of nitrogens with zero attached hydrogens (tertiary/aromatic N) is 1. The van der Waals surface area contributed by atoms with Crippen LogP contribution in [-0.2, 0) is 11.2 Å². The van der Waals surface area contributed by atoms with E-state index in [0.717, 1.165) is 23.7 Å². The predicted octanol–water partition coefficient (Wildman–Crippen LogP) is 1.83. The van der Waals surface area contributed by atoms with Gasteiger partial charge in [0.25, 0.3) is 5.56 Å². The van der Waals surface area contributed by atoms with E-state index in [0.29, 0.717) is 12.1 Å². The van der Waals surface area contributed by atoms with Crippen LogP contribution < -0.4 is 5.56 Å². The van der Waals surface area contributed by atoms with Crippen molar-refractivity contribution >= 4 is 16.8 Å². The largest absolute Gasteiger partial charge is 0.388 e. The normalized spacial score (nSPS) is 18.6. The number of pyridine rings is 1. The number of H-pyrrole nitrogens is 1. The van der Waals surface area contributed by atoms with Gasteiger partial charge in [0, 0.05) is 17.6 Å². The number of rotatable bonds is 3. The highest BCUT2D eigenvalue weighted by Gasteiger charge is 2.38. The van der Waals surface area contributed by atoms with Crippen LogP contribution >= 0.6 is 0 Å². The van der Waals surface area contributed by atoms with Crippen LogP contribution in [0.25, 0.3) is 10.9 Å². The van der Waals surface area contributed by atoms with E-state index >= 15 is 0 Å². The van der Waals surface area contributed by atoms with E-state index < -0.39 is 5.60 Å². The van der Waals surface area contributed by atoms with Gasteiger partial charge in [-0.2, -0.15) is 0 Å². The van der Waals surface area contributed by atoms with Crippen LogP contribution in [0.4, 0.5) is 0 Å². The predicted molar refractivity (Wildman–Crippen MR) is 89.3 cm³/mol. The summed E-state index contributed by atoms with van der Waals surface area (Å²) >= 11 is 0. The Morgan fingerprint density at radius 2 is 2.13 bits per heavy atom. The number of fused-ring (bicyclic) bond motifs is 1. The molecule has 5 heteroatoms. The van der Waals surface area contributed by atoms with E-state index in [-0.39, 0.29) is 23.9 Å². The van der Waals surface area contributed by atoms with Gasteiger partial charge < -0.3 is 15.0 Å². The molecular formula is C18H22N2O3. The highest BCUT2D eigenvalue weighted by Crippen LogP contribution is 2.27. The lowest BCUT2D eigenvalue weighted by molar-refractivity contribution is -0.135. The summed E-state index contributed by atoms with van der Waals surface area (Å²) in [5.41, 5.74) is 0.0810. The fourth-order valence-electron chi connectivity index (χ4n) is 3.39. The third-order valence-electron chi connectivity index (χ3n) is 4.56. The average molecular weight is 314 g/mol. The van der Waals surface area contributed by atoms with E-state index in [1.165, 1.54) is 0 Å². The monoisotopic (exact) mass is 314 g/mol. The molecule has 1 aromatic heterocycles. The van der Waals surface area contributed by atoms with Crippen molar-refractivity contribution in [1.82, 2.24) is 9.88 Å². The lowest BCUT2D eigenvalue weighted by Crippen LogP contribution is -2.48. The summed E-state index contributed by atoms with van der Waals surface area (Å²) in [5, 5.41) is 11.1. The number of amides is 1. The van der Waals surface area contributed by atoms with Gasteiger partial charge >= 0.3 is 0 Å². The van der Waals surface area contributed by atoms with Crippen LogP contribution in [0, 0.1) is 0 Å². The van der Waals surface area contributed by atoms with Gasteiger partial charge in [-0.05, 0) is 44.2 Å². The number of benzene rings is 1. The molecule has 1 saturated heterocycles. The molecule has 1 unspecified atom stereocenters.